The Morgan fingerprint density at radius 3 is 2.67 bits per heavy atom. The normalized spacial score (nSPS) is 14.5. The lowest BCUT2D eigenvalue weighted by Crippen LogP contribution is -2.55. The average Bonchev–Trinajstić information content (AvgIpc) is 3.16. The molecule has 1 saturated heterocycles. The Hall–Kier alpha value is -2.30. The molecule has 0 spiro atoms. The molecule has 1 aromatic heterocycles. The molecular weight excluding hydrogens is 493 g/mol. The molecule has 1 amide bonds. The van der Waals surface area contributed by atoms with E-state index in [0.717, 1.165) is 44.2 Å². The highest BCUT2D eigenvalue weighted by molar-refractivity contribution is 14.0. The average molecular weight is 525 g/mol. The summed E-state index contributed by atoms with van der Waals surface area (Å²) in [4.78, 5) is 23.5. The second kappa shape index (κ2) is 11.8. The molecule has 30 heavy (non-hydrogen) atoms. The van der Waals surface area contributed by atoms with E-state index in [9.17, 15) is 4.79 Å². The van der Waals surface area contributed by atoms with Crippen LogP contribution in [0.5, 0.6) is 0 Å². The first-order chi connectivity index (χ1) is 14.1. The van der Waals surface area contributed by atoms with Gasteiger partial charge in [0.15, 0.2) is 5.96 Å². The number of amides is 1. The molecule has 0 saturated carbocycles. The number of piperazine rings is 1. The first kappa shape index (κ1) is 24.0. The number of nitrogens with one attached hydrogen (secondary N) is 1. The number of halogens is 1. The van der Waals surface area contributed by atoms with Gasteiger partial charge in [0.25, 0.3) is 0 Å². The Bertz CT molecular complexity index is 824. The highest BCUT2D eigenvalue weighted by atomic mass is 127. The van der Waals surface area contributed by atoms with E-state index in [0.29, 0.717) is 13.1 Å². The minimum atomic E-state index is 0. The van der Waals surface area contributed by atoms with Gasteiger partial charge in [-0.15, -0.1) is 24.0 Å². The van der Waals surface area contributed by atoms with Gasteiger partial charge in [0.05, 0.1) is 11.9 Å². The quantitative estimate of drug-likeness (QED) is 0.260. The van der Waals surface area contributed by atoms with E-state index in [1.54, 1.807) is 15.8 Å². The number of hydrogen-bond donors (Lipinski definition) is 1. The van der Waals surface area contributed by atoms with Crippen LogP contribution in [0.1, 0.15) is 13.3 Å². The summed E-state index contributed by atoms with van der Waals surface area (Å²) in [6.07, 6.45) is 4.55. The molecule has 0 aliphatic carbocycles. The molecule has 0 radical (unpaired) electrons. The van der Waals surface area contributed by atoms with E-state index in [2.05, 4.69) is 46.6 Å². The van der Waals surface area contributed by atoms with E-state index < -0.39 is 0 Å². The number of aliphatic imine (C=N–C) groups is 1. The maximum absolute atomic E-state index is 12.7. The number of aromatic nitrogens is 2. The fraction of sp³-hybridized carbons (Fsp3) is 0.476. The van der Waals surface area contributed by atoms with Crippen LogP contribution in [-0.4, -0.2) is 72.9 Å². The Kier molecular flexibility index (Phi) is 9.41. The van der Waals surface area contributed by atoms with Crippen LogP contribution in [-0.2, 0) is 11.8 Å². The molecule has 0 bridgehead atoms. The van der Waals surface area contributed by atoms with Crippen molar-refractivity contribution in [2.24, 2.45) is 12.0 Å². The van der Waals surface area contributed by atoms with Crippen molar-refractivity contribution in [2.45, 2.75) is 13.3 Å². The first-order valence-electron chi connectivity index (χ1n) is 10.2. The Morgan fingerprint density at radius 1 is 1.27 bits per heavy atom. The monoisotopic (exact) mass is 525 g/mol. The minimum Gasteiger partial charge on any atom is -0.375 e. The van der Waals surface area contributed by atoms with E-state index in [1.165, 1.54) is 5.69 Å². The third-order valence-electron chi connectivity index (χ3n) is 4.97. The van der Waals surface area contributed by atoms with Crippen LogP contribution >= 0.6 is 24.0 Å². The summed E-state index contributed by atoms with van der Waals surface area (Å²) in [6, 6.07) is 10.4. The van der Waals surface area contributed by atoms with Crippen LogP contribution < -0.4 is 15.1 Å². The van der Waals surface area contributed by atoms with Crippen molar-refractivity contribution in [3.8, 4) is 0 Å². The lowest BCUT2D eigenvalue weighted by Gasteiger charge is -2.35. The molecular formula is C21H32IN7O. The standard InChI is InChI=1S/C21H31N7O.HI/c1-4-22-21(23-11-8-12-25(2)18-9-6-5-7-10-18)27-13-14-28(20(29)17-27)19-15-24-26(3)16-19;/h5-7,9-10,15-16H,4,8,11-14,17H2,1-3H3,(H,22,23);1H. The van der Waals surface area contributed by atoms with Crippen molar-refractivity contribution >= 4 is 47.2 Å². The molecule has 1 fully saturated rings. The molecule has 3 rings (SSSR count). The van der Waals surface area contributed by atoms with Gasteiger partial charge < -0.3 is 20.0 Å². The fourth-order valence-corrected chi connectivity index (χ4v) is 3.40. The molecule has 8 nitrogen and oxygen atoms in total. The lowest BCUT2D eigenvalue weighted by molar-refractivity contribution is -0.120. The molecule has 1 N–H and O–H groups in total. The highest BCUT2D eigenvalue weighted by Gasteiger charge is 2.27. The third kappa shape index (κ3) is 6.35. The number of hydrogen-bond acceptors (Lipinski definition) is 4. The number of benzene rings is 1. The molecule has 9 heteroatoms. The zero-order valence-corrected chi connectivity index (χ0v) is 20.3. The smallest absolute Gasteiger partial charge is 0.246 e. The van der Waals surface area contributed by atoms with E-state index in [4.69, 9.17) is 4.99 Å². The van der Waals surface area contributed by atoms with Crippen molar-refractivity contribution in [3.63, 3.8) is 0 Å². The molecule has 1 aromatic carbocycles. The highest BCUT2D eigenvalue weighted by Crippen LogP contribution is 2.16. The van der Waals surface area contributed by atoms with Gasteiger partial charge in [-0.1, -0.05) is 18.2 Å². The topological polar surface area (TPSA) is 69.0 Å². The van der Waals surface area contributed by atoms with Gasteiger partial charge >= 0.3 is 0 Å². The molecule has 1 aliphatic heterocycles. The van der Waals surface area contributed by atoms with Crippen LogP contribution in [0.15, 0.2) is 47.7 Å². The fourth-order valence-electron chi connectivity index (χ4n) is 3.40. The Balaban J connectivity index is 0.00000320. The van der Waals surface area contributed by atoms with Crippen LogP contribution in [0.3, 0.4) is 0 Å². The number of aryl methyl sites for hydroxylation is 1. The van der Waals surface area contributed by atoms with Crippen molar-refractivity contribution in [2.75, 3.05) is 56.1 Å². The number of nitrogens with zero attached hydrogens (tertiary/aromatic N) is 6. The van der Waals surface area contributed by atoms with Crippen LogP contribution in [0.4, 0.5) is 11.4 Å². The van der Waals surface area contributed by atoms with Gasteiger partial charge in [-0.25, -0.2) is 0 Å². The zero-order chi connectivity index (χ0) is 20.6. The van der Waals surface area contributed by atoms with Crippen molar-refractivity contribution in [1.29, 1.82) is 0 Å². The first-order valence-corrected chi connectivity index (χ1v) is 10.2. The van der Waals surface area contributed by atoms with Crippen LogP contribution in [0.25, 0.3) is 0 Å². The summed E-state index contributed by atoms with van der Waals surface area (Å²) in [6.45, 7) is 6.18. The Labute approximate surface area is 195 Å². The zero-order valence-electron chi connectivity index (χ0n) is 18.0. The van der Waals surface area contributed by atoms with E-state index >= 15 is 0 Å². The number of rotatable bonds is 7. The number of guanidine groups is 1. The SMILES string of the molecule is CCNC(=NCCCN(C)c1ccccc1)N1CCN(c2cnn(C)c2)C(=O)C1.I. The largest absolute Gasteiger partial charge is 0.375 e. The predicted molar refractivity (Wildman–Crippen MR) is 133 cm³/mol. The second-order valence-electron chi connectivity index (χ2n) is 7.19. The van der Waals surface area contributed by atoms with Crippen molar-refractivity contribution in [3.05, 3.63) is 42.7 Å². The van der Waals surface area contributed by atoms with Crippen LogP contribution in [0.2, 0.25) is 0 Å². The minimum absolute atomic E-state index is 0. The van der Waals surface area contributed by atoms with Gasteiger partial charge in [-0.05, 0) is 25.5 Å². The van der Waals surface area contributed by atoms with Crippen LogP contribution in [0, 0.1) is 0 Å². The number of para-hydroxylation sites is 1. The predicted octanol–water partition coefficient (Wildman–Crippen LogP) is 2.18. The number of anilines is 2. The molecule has 0 atom stereocenters. The Morgan fingerprint density at radius 2 is 2.03 bits per heavy atom. The van der Waals surface area contributed by atoms with E-state index in [1.807, 2.05) is 31.1 Å². The summed E-state index contributed by atoms with van der Waals surface area (Å²) in [5.74, 6) is 0.882. The lowest BCUT2D eigenvalue weighted by atomic mass is 10.3. The van der Waals surface area contributed by atoms with Gasteiger partial charge in [-0.3, -0.25) is 14.5 Å². The number of carbonyl (C=O) groups excluding carboxylic acids is 1. The van der Waals surface area contributed by atoms with Gasteiger partial charge in [0.2, 0.25) is 5.91 Å². The molecule has 1 aliphatic rings. The summed E-state index contributed by atoms with van der Waals surface area (Å²) in [5.41, 5.74) is 2.06. The third-order valence-corrected chi connectivity index (χ3v) is 4.97. The summed E-state index contributed by atoms with van der Waals surface area (Å²) in [5, 5.41) is 7.49. The molecule has 164 valence electrons. The van der Waals surface area contributed by atoms with E-state index in [-0.39, 0.29) is 29.9 Å². The second-order valence-corrected chi connectivity index (χ2v) is 7.19. The van der Waals surface area contributed by atoms with Crippen molar-refractivity contribution < 1.29 is 4.79 Å². The van der Waals surface area contributed by atoms with Crippen molar-refractivity contribution in [1.82, 2.24) is 20.0 Å². The summed E-state index contributed by atoms with van der Waals surface area (Å²) < 4.78 is 1.72. The number of carbonyl (C=O) groups is 1. The maximum Gasteiger partial charge on any atom is 0.246 e. The summed E-state index contributed by atoms with van der Waals surface area (Å²) >= 11 is 0. The van der Waals surface area contributed by atoms with Gasteiger partial charge in [-0.2, -0.15) is 5.10 Å². The summed E-state index contributed by atoms with van der Waals surface area (Å²) in [7, 11) is 3.95. The molecule has 2 heterocycles. The van der Waals surface area contributed by atoms with Gasteiger partial charge in [0, 0.05) is 58.7 Å². The molecule has 2 aromatic rings. The molecule has 0 unspecified atom stereocenters. The maximum atomic E-state index is 12.7. The van der Waals surface area contributed by atoms with Gasteiger partial charge in [0.1, 0.15) is 6.54 Å².